The van der Waals surface area contributed by atoms with Crippen molar-refractivity contribution in [2.24, 2.45) is 27.9 Å². The molecule has 0 radical (unpaired) electrons. The molecule has 2 atom stereocenters. The molecule has 0 bridgehead atoms. The number of guanidine groups is 1. The van der Waals surface area contributed by atoms with E-state index in [0.717, 1.165) is 0 Å². The molecule has 0 aliphatic rings. The zero-order valence-electron chi connectivity index (χ0n) is 13.7. The number of rotatable bonds is 12. The smallest absolute Gasteiger partial charge is 0.322 e. The van der Waals surface area contributed by atoms with E-state index >= 15 is 0 Å². The zero-order chi connectivity index (χ0) is 19.4. The Hall–Kier alpha value is -2.89. The number of carboxylic acid groups (broad SMARTS) is 1. The van der Waals surface area contributed by atoms with Crippen molar-refractivity contribution in [3.05, 3.63) is 0 Å². The lowest BCUT2D eigenvalue weighted by atomic mass is 10.1. The number of nitrogens with one attached hydrogen (secondary N) is 2. The number of carbonyl (C=O) groups excluding carboxylic acids is 3. The number of nitrogens with two attached hydrogens (primary N) is 4. The Kier molecular flexibility index (Phi) is 10.3. The molecule has 0 spiro atoms. The van der Waals surface area contributed by atoms with Gasteiger partial charge in [-0.15, -0.1) is 0 Å². The largest absolute Gasteiger partial charge is 0.480 e. The number of hydrogen-bond acceptors (Lipinski definition) is 6. The van der Waals surface area contributed by atoms with Crippen LogP contribution in [0.4, 0.5) is 0 Å². The molecular weight excluding hydrogens is 334 g/mol. The molecule has 12 heteroatoms. The minimum absolute atomic E-state index is 0.0264. The van der Waals surface area contributed by atoms with Crippen molar-refractivity contribution in [3.8, 4) is 0 Å². The molecule has 0 aromatic carbocycles. The lowest BCUT2D eigenvalue weighted by Crippen LogP contribution is -2.52. The highest BCUT2D eigenvalue weighted by Gasteiger charge is 2.24. The fraction of sp³-hybridized carbons (Fsp3) is 0.615. The van der Waals surface area contributed by atoms with Crippen LogP contribution in [0.15, 0.2) is 4.99 Å². The first-order chi connectivity index (χ1) is 11.6. The van der Waals surface area contributed by atoms with Gasteiger partial charge in [-0.3, -0.25) is 24.2 Å². The number of amides is 3. The SMILES string of the molecule is NC(=O)CC[C@H](N)C(=O)N[C@@H](CCCN=C(N)N)C(=O)NCC(=O)O. The molecular formula is C13H25N7O5. The van der Waals surface area contributed by atoms with Crippen molar-refractivity contribution < 1.29 is 24.3 Å². The van der Waals surface area contributed by atoms with Crippen LogP contribution in [0.3, 0.4) is 0 Å². The van der Waals surface area contributed by atoms with Gasteiger partial charge in [-0.05, 0) is 19.3 Å². The van der Waals surface area contributed by atoms with Crippen LogP contribution in [0.5, 0.6) is 0 Å². The maximum atomic E-state index is 12.0. The first-order valence-corrected chi connectivity index (χ1v) is 7.52. The predicted octanol–water partition coefficient (Wildman–Crippen LogP) is -3.68. The van der Waals surface area contributed by atoms with Crippen molar-refractivity contribution in [3.63, 3.8) is 0 Å². The van der Waals surface area contributed by atoms with Crippen LogP contribution >= 0.6 is 0 Å². The van der Waals surface area contributed by atoms with Gasteiger partial charge < -0.3 is 38.7 Å². The van der Waals surface area contributed by atoms with E-state index in [0.29, 0.717) is 6.42 Å². The Morgan fingerprint density at radius 1 is 1.04 bits per heavy atom. The third-order valence-electron chi connectivity index (χ3n) is 3.03. The Bertz CT molecular complexity index is 519. The molecule has 0 unspecified atom stereocenters. The number of hydrogen-bond donors (Lipinski definition) is 7. The molecule has 0 aromatic heterocycles. The summed E-state index contributed by atoms with van der Waals surface area (Å²) in [5.74, 6) is -3.26. The second-order valence-electron chi connectivity index (χ2n) is 5.23. The summed E-state index contributed by atoms with van der Waals surface area (Å²) in [5, 5.41) is 13.2. The molecule has 0 aliphatic carbocycles. The van der Waals surface area contributed by atoms with E-state index in [-0.39, 0.29) is 31.8 Å². The Morgan fingerprint density at radius 2 is 1.68 bits per heavy atom. The first-order valence-electron chi connectivity index (χ1n) is 7.52. The predicted molar refractivity (Wildman–Crippen MR) is 88.9 cm³/mol. The zero-order valence-corrected chi connectivity index (χ0v) is 13.7. The summed E-state index contributed by atoms with van der Waals surface area (Å²) < 4.78 is 0. The monoisotopic (exact) mass is 359 g/mol. The molecule has 0 saturated carbocycles. The van der Waals surface area contributed by atoms with E-state index in [1.165, 1.54) is 0 Å². The van der Waals surface area contributed by atoms with Gasteiger partial charge in [0.05, 0.1) is 6.04 Å². The van der Waals surface area contributed by atoms with E-state index in [2.05, 4.69) is 15.6 Å². The molecule has 11 N–H and O–H groups in total. The van der Waals surface area contributed by atoms with Gasteiger partial charge >= 0.3 is 5.97 Å². The van der Waals surface area contributed by atoms with Crippen molar-refractivity contribution in [1.82, 2.24) is 10.6 Å². The van der Waals surface area contributed by atoms with Crippen LogP contribution in [0.1, 0.15) is 25.7 Å². The normalized spacial score (nSPS) is 12.5. The van der Waals surface area contributed by atoms with E-state index in [1.807, 2.05) is 0 Å². The van der Waals surface area contributed by atoms with Crippen molar-refractivity contribution in [1.29, 1.82) is 0 Å². The highest BCUT2D eigenvalue weighted by Crippen LogP contribution is 2.01. The standard InChI is InChI=1S/C13H25N7O5/c14-7(3-4-9(15)21)11(24)20-8(2-1-5-18-13(16)17)12(25)19-6-10(22)23/h7-8H,1-6,14H2,(H2,15,21)(H,19,25)(H,20,24)(H,22,23)(H4,16,17,18)/t7-,8-/m0/s1. The second-order valence-corrected chi connectivity index (χ2v) is 5.23. The average Bonchev–Trinajstić information content (AvgIpc) is 2.52. The van der Waals surface area contributed by atoms with Gasteiger partial charge in [-0.1, -0.05) is 0 Å². The van der Waals surface area contributed by atoms with Gasteiger partial charge in [-0.2, -0.15) is 0 Å². The first kappa shape index (κ1) is 22.1. The summed E-state index contributed by atoms with van der Waals surface area (Å²) in [5.41, 5.74) is 21.0. The molecule has 0 fully saturated rings. The van der Waals surface area contributed by atoms with Crippen LogP contribution < -0.4 is 33.6 Å². The maximum Gasteiger partial charge on any atom is 0.322 e. The fourth-order valence-corrected chi connectivity index (χ4v) is 1.77. The number of nitrogens with zero attached hydrogens (tertiary/aromatic N) is 1. The van der Waals surface area contributed by atoms with Crippen LogP contribution in [0.2, 0.25) is 0 Å². The van der Waals surface area contributed by atoms with E-state index in [4.69, 9.17) is 28.0 Å². The van der Waals surface area contributed by atoms with Crippen molar-refractivity contribution in [2.75, 3.05) is 13.1 Å². The minimum Gasteiger partial charge on any atom is -0.480 e. The van der Waals surface area contributed by atoms with E-state index in [1.54, 1.807) is 0 Å². The van der Waals surface area contributed by atoms with Gasteiger partial charge in [0, 0.05) is 13.0 Å². The highest BCUT2D eigenvalue weighted by molar-refractivity contribution is 5.91. The van der Waals surface area contributed by atoms with E-state index < -0.39 is 42.3 Å². The third kappa shape index (κ3) is 11.3. The molecule has 142 valence electrons. The minimum atomic E-state index is -1.22. The van der Waals surface area contributed by atoms with Crippen molar-refractivity contribution in [2.45, 2.75) is 37.8 Å². The maximum absolute atomic E-state index is 12.0. The third-order valence-corrected chi connectivity index (χ3v) is 3.03. The summed E-state index contributed by atoms with van der Waals surface area (Å²) in [6, 6.07) is -2.04. The fourth-order valence-electron chi connectivity index (χ4n) is 1.77. The Balaban J connectivity index is 4.71. The lowest BCUT2D eigenvalue weighted by molar-refractivity contribution is -0.138. The summed E-state index contributed by atoms with van der Waals surface area (Å²) in [4.78, 5) is 49.0. The van der Waals surface area contributed by atoms with Gasteiger partial charge in [0.15, 0.2) is 5.96 Å². The molecule has 0 saturated heterocycles. The summed E-state index contributed by atoms with van der Waals surface area (Å²) >= 11 is 0. The Labute approximate surface area is 144 Å². The quantitative estimate of drug-likeness (QED) is 0.104. The van der Waals surface area contributed by atoms with Gasteiger partial charge in [0.25, 0.3) is 0 Å². The number of carbonyl (C=O) groups is 4. The van der Waals surface area contributed by atoms with E-state index in [9.17, 15) is 19.2 Å². The lowest BCUT2D eigenvalue weighted by Gasteiger charge is -2.20. The number of aliphatic carboxylic acids is 1. The summed E-state index contributed by atoms with van der Waals surface area (Å²) in [6.45, 7) is -0.360. The van der Waals surface area contributed by atoms with Crippen LogP contribution in [-0.4, -0.2) is 59.9 Å². The molecule has 12 nitrogen and oxygen atoms in total. The molecule has 0 rings (SSSR count). The molecule has 25 heavy (non-hydrogen) atoms. The molecule has 0 heterocycles. The number of carboxylic acids is 1. The molecule has 0 aliphatic heterocycles. The molecule has 0 aromatic rings. The average molecular weight is 359 g/mol. The highest BCUT2D eigenvalue weighted by atomic mass is 16.4. The topological polar surface area (TPSA) is 229 Å². The van der Waals surface area contributed by atoms with Crippen LogP contribution in [0, 0.1) is 0 Å². The summed E-state index contributed by atoms with van der Waals surface area (Å²) in [7, 11) is 0. The second kappa shape index (κ2) is 11.6. The van der Waals surface area contributed by atoms with Crippen LogP contribution in [0.25, 0.3) is 0 Å². The number of primary amides is 1. The van der Waals surface area contributed by atoms with Gasteiger partial charge in [0.1, 0.15) is 12.6 Å². The number of aliphatic imine (C=N–C) groups is 1. The molecule has 3 amide bonds. The van der Waals surface area contributed by atoms with Crippen molar-refractivity contribution >= 4 is 29.7 Å². The Morgan fingerprint density at radius 3 is 2.20 bits per heavy atom. The summed E-state index contributed by atoms with van der Waals surface area (Å²) in [6.07, 6.45) is 0.476. The van der Waals surface area contributed by atoms with Crippen LogP contribution in [-0.2, 0) is 19.2 Å². The van der Waals surface area contributed by atoms with Gasteiger partial charge in [-0.25, -0.2) is 0 Å². The van der Waals surface area contributed by atoms with Gasteiger partial charge in [0.2, 0.25) is 17.7 Å².